The molecule has 35 valence electrons. The topological polar surface area (TPSA) is 69.1 Å². The van der Waals surface area contributed by atoms with Gasteiger partial charge in [0.1, 0.15) is 0 Å². The van der Waals surface area contributed by atoms with E-state index < -0.39 is 6.17 Å². The number of rotatable bonds is 2. The van der Waals surface area contributed by atoms with Crippen LogP contribution in [0.25, 0.3) is 0 Å². The highest BCUT2D eigenvalue weighted by atomic mass is 16.1. The summed E-state index contributed by atoms with van der Waals surface area (Å²) in [4.78, 5) is 9.33. The first-order valence-electron chi connectivity index (χ1n) is 1.63. The Morgan fingerprint density at radius 3 is 2.17 bits per heavy atom. The molecule has 3 heteroatoms. The number of hydrogen-bond acceptors (Lipinski definition) is 3. The standard InChI is InChI=1S/C3H7N2O/c4-3(5)1-2-6/h3H,1,4-5H2. The summed E-state index contributed by atoms with van der Waals surface area (Å²) in [5.74, 6) is 0. The van der Waals surface area contributed by atoms with Crippen molar-refractivity contribution in [1.29, 1.82) is 0 Å². The van der Waals surface area contributed by atoms with Gasteiger partial charge < -0.3 is 11.5 Å². The highest BCUT2D eigenvalue weighted by Gasteiger charge is 1.87. The molecule has 0 rings (SSSR count). The summed E-state index contributed by atoms with van der Waals surface area (Å²) in [6, 6.07) is 0. The third-order valence-corrected chi connectivity index (χ3v) is 0.319. The van der Waals surface area contributed by atoms with E-state index in [0.717, 1.165) is 0 Å². The first-order chi connectivity index (χ1) is 2.77. The van der Waals surface area contributed by atoms with Crippen LogP contribution in [0.15, 0.2) is 0 Å². The monoisotopic (exact) mass is 87.1 g/mol. The Morgan fingerprint density at radius 2 is 2.17 bits per heavy atom. The summed E-state index contributed by atoms with van der Waals surface area (Å²) in [5, 5.41) is 0. The number of nitrogens with two attached hydrogens (primary N) is 2. The molecule has 3 nitrogen and oxygen atoms in total. The summed E-state index contributed by atoms with van der Waals surface area (Å²) >= 11 is 0. The van der Waals surface area contributed by atoms with E-state index in [9.17, 15) is 4.79 Å². The second-order valence-corrected chi connectivity index (χ2v) is 1.01. The lowest BCUT2D eigenvalue weighted by Crippen LogP contribution is -2.30. The van der Waals surface area contributed by atoms with E-state index in [-0.39, 0.29) is 6.42 Å². The summed E-state index contributed by atoms with van der Waals surface area (Å²) < 4.78 is 0. The van der Waals surface area contributed by atoms with Crippen molar-refractivity contribution in [3.8, 4) is 0 Å². The van der Waals surface area contributed by atoms with Gasteiger partial charge in [0.15, 0.2) is 0 Å². The molecule has 0 bridgehead atoms. The van der Waals surface area contributed by atoms with E-state index in [1.165, 1.54) is 0 Å². The maximum Gasteiger partial charge on any atom is 0.201 e. The lowest BCUT2D eigenvalue weighted by Gasteiger charge is -1.91. The minimum atomic E-state index is -0.525. The average Bonchev–Trinajstić information content (AvgIpc) is 1.35. The molecule has 0 aromatic heterocycles. The van der Waals surface area contributed by atoms with Crippen LogP contribution in [0.4, 0.5) is 0 Å². The second kappa shape index (κ2) is 2.81. The Labute approximate surface area is 36.3 Å². The Hall–Kier alpha value is -0.410. The van der Waals surface area contributed by atoms with Crippen molar-refractivity contribution in [2.75, 3.05) is 0 Å². The van der Waals surface area contributed by atoms with Crippen LogP contribution >= 0.6 is 0 Å². The fourth-order valence-electron chi connectivity index (χ4n) is 0.0962. The zero-order valence-electron chi connectivity index (χ0n) is 3.35. The zero-order valence-corrected chi connectivity index (χ0v) is 3.35. The van der Waals surface area contributed by atoms with Crippen LogP contribution in [0, 0.1) is 0 Å². The molecule has 0 aromatic rings. The van der Waals surface area contributed by atoms with Gasteiger partial charge in [-0.2, -0.15) is 0 Å². The maximum absolute atomic E-state index is 9.33. The molecule has 0 aliphatic rings. The normalized spacial score (nSPS) is 9.17. The van der Waals surface area contributed by atoms with Crippen LogP contribution in [0.3, 0.4) is 0 Å². The van der Waals surface area contributed by atoms with Crippen molar-refractivity contribution >= 4 is 6.29 Å². The number of hydrogen-bond donors (Lipinski definition) is 2. The van der Waals surface area contributed by atoms with Crippen molar-refractivity contribution in [2.24, 2.45) is 11.5 Å². The van der Waals surface area contributed by atoms with Crippen molar-refractivity contribution in [3.63, 3.8) is 0 Å². The fraction of sp³-hybridized carbons (Fsp3) is 0.667. The van der Waals surface area contributed by atoms with E-state index in [4.69, 9.17) is 11.5 Å². The molecular weight excluding hydrogens is 80.0 g/mol. The largest absolute Gasteiger partial charge is 0.316 e. The molecule has 0 fully saturated rings. The fourth-order valence-corrected chi connectivity index (χ4v) is 0.0962. The SMILES string of the molecule is NC(N)C[C]=O. The Bertz CT molecular complexity index is 44.1. The molecule has 0 saturated heterocycles. The quantitative estimate of drug-likeness (QED) is 0.412. The van der Waals surface area contributed by atoms with Crippen LogP contribution in [-0.4, -0.2) is 12.5 Å². The highest BCUT2D eigenvalue weighted by Crippen LogP contribution is 1.65. The van der Waals surface area contributed by atoms with Gasteiger partial charge in [0.2, 0.25) is 6.29 Å². The third-order valence-electron chi connectivity index (χ3n) is 0.319. The summed E-state index contributed by atoms with van der Waals surface area (Å²) in [7, 11) is 0. The predicted molar refractivity (Wildman–Crippen MR) is 22.5 cm³/mol. The molecule has 0 aromatic carbocycles. The lowest BCUT2D eigenvalue weighted by molar-refractivity contribution is 0.542. The molecular formula is C3H7N2O. The zero-order chi connectivity index (χ0) is 4.99. The van der Waals surface area contributed by atoms with Gasteiger partial charge in [0.05, 0.1) is 6.17 Å². The first-order valence-corrected chi connectivity index (χ1v) is 1.63. The molecule has 4 N–H and O–H groups in total. The van der Waals surface area contributed by atoms with Crippen LogP contribution in [0.1, 0.15) is 6.42 Å². The van der Waals surface area contributed by atoms with Crippen molar-refractivity contribution in [1.82, 2.24) is 0 Å². The maximum atomic E-state index is 9.33. The van der Waals surface area contributed by atoms with E-state index in [2.05, 4.69) is 0 Å². The van der Waals surface area contributed by atoms with Crippen LogP contribution in [0.5, 0.6) is 0 Å². The summed E-state index contributed by atoms with van der Waals surface area (Å²) in [5.41, 5.74) is 9.84. The molecule has 0 spiro atoms. The van der Waals surface area contributed by atoms with Crippen LogP contribution < -0.4 is 11.5 Å². The summed E-state index contributed by atoms with van der Waals surface area (Å²) in [6.07, 6.45) is 1.17. The minimum Gasteiger partial charge on any atom is -0.316 e. The third kappa shape index (κ3) is 3.59. The van der Waals surface area contributed by atoms with Gasteiger partial charge in [0.25, 0.3) is 0 Å². The van der Waals surface area contributed by atoms with Gasteiger partial charge in [-0.15, -0.1) is 0 Å². The van der Waals surface area contributed by atoms with Crippen molar-refractivity contribution in [2.45, 2.75) is 12.6 Å². The molecule has 0 heterocycles. The predicted octanol–water partition coefficient (Wildman–Crippen LogP) is -1.27. The van der Waals surface area contributed by atoms with Crippen molar-refractivity contribution in [3.05, 3.63) is 0 Å². The van der Waals surface area contributed by atoms with Crippen LogP contribution in [0.2, 0.25) is 0 Å². The molecule has 0 aliphatic heterocycles. The summed E-state index contributed by atoms with van der Waals surface area (Å²) in [6.45, 7) is 0. The van der Waals surface area contributed by atoms with E-state index >= 15 is 0 Å². The van der Waals surface area contributed by atoms with Gasteiger partial charge in [-0.1, -0.05) is 0 Å². The van der Waals surface area contributed by atoms with E-state index in [1.54, 1.807) is 6.29 Å². The van der Waals surface area contributed by atoms with Gasteiger partial charge >= 0.3 is 0 Å². The van der Waals surface area contributed by atoms with Gasteiger partial charge in [-0.25, -0.2) is 0 Å². The molecule has 0 aliphatic carbocycles. The van der Waals surface area contributed by atoms with Crippen molar-refractivity contribution < 1.29 is 4.79 Å². The molecule has 0 saturated carbocycles. The molecule has 1 radical (unpaired) electrons. The molecule has 0 atom stereocenters. The Morgan fingerprint density at radius 1 is 1.67 bits per heavy atom. The van der Waals surface area contributed by atoms with E-state index in [0.29, 0.717) is 0 Å². The highest BCUT2D eigenvalue weighted by molar-refractivity contribution is 5.51. The van der Waals surface area contributed by atoms with E-state index in [1.807, 2.05) is 0 Å². The second-order valence-electron chi connectivity index (χ2n) is 1.01. The average molecular weight is 87.1 g/mol. The lowest BCUT2D eigenvalue weighted by atomic mass is 10.4. The number of carbonyl (C=O) groups excluding carboxylic acids is 1. The first kappa shape index (κ1) is 5.59. The van der Waals surface area contributed by atoms with Gasteiger partial charge in [0, 0.05) is 6.42 Å². The molecule has 0 unspecified atom stereocenters. The Kier molecular flexibility index (Phi) is 2.62. The molecule has 0 amide bonds. The Balaban J connectivity index is 2.81. The minimum absolute atomic E-state index is 0.125. The van der Waals surface area contributed by atoms with Crippen LogP contribution in [-0.2, 0) is 4.79 Å². The smallest absolute Gasteiger partial charge is 0.201 e. The molecule has 6 heavy (non-hydrogen) atoms. The van der Waals surface area contributed by atoms with Gasteiger partial charge in [-0.3, -0.25) is 4.79 Å². The van der Waals surface area contributed by atoms with Gasteiger partial charge in [-0.05, 0) is 0 Å².